The van der Waals surface area contributed by atoms with Crippen molar-refractivity contribution < 1.29 is 0 Å². The van der Waals surface area contributed by atoms with Gasteiger partial charge >= 0.3 is 0 Å². The van der Waals surface area contributed by atoms with Crippen LogP contribution in [0.15, 0.2) is 12.1 Å². The van der Waals surface area contributed by atoms with Gasteiger partial charge in [-0.15, -0.1) is 0 Å². The van der Waals surface area contributed by atoms with Gasteiger partial charge in [0.25, 0.3) is 0 Å². The Hall–Kier alpha value is -0.820. The molecule has 0 saturated heterocycles. The van der Waals surface area contributed by atoms with Crippen LogP contribution in [0.1, 0.15) is 76.6 Å². The smallest absolute Gasteiger partial charge is 0.00797 e. The van der Waals surface area contributed by atoms with E-state index in [4.69, 9.17) is 5.73 Å². The normalized spacial score (nSPS) is 14.3. The zero-order valence-electron chi connectivity index (χ0n) is 15.4. The summed E-state index contributed by atoms with van der Waals surface area (Å²) in [7, 11) is 0. The van der Waals surface area contributed by atoms with E-state index in [2.05, 4.69) is 67.5 Å². The molecule has 0 aliphatic heterocycles. The van der Waals surface area contributed by atoms with Gasteiger partial charge < -0.3 is 5.73 Å². The van der Waals surface area contributed by atoms with Gasteiger partial charge in [0.15, 0.2) is 0 Å². The van der Waals surface area contributed by atoms with Crippen molar-refractivity contribution in [2.45, 2.75) is 86.1 Å². The molecular weight excluding hydrogens is 254 g/mol. The lowest BCUT2D eigenvalue weighted by Crippen LogP contribution is -2.26. The van der Waals surface area contributed by atoms with Crippen LogP contribution in [0.5, 0.6) is 0 Å². The minimum absolute atomic E-state index is 0.211. The maximum absolute atomic E-state index is 6.37. The quantitative estimate of drug-likeness (QED) is 0.800. The summed E-state index contributed by atoms with van der Waals surface area (Å²) in [5, 5.41) is 0. The number of nitrogens with two attached hydrogens (primary N) is 1. The molecule has 0 saturated carbocycles. The summed E-state index contributed by atoms with van der Waals surface area (Å²) < 4.78 is 0. The molecule has 1 nitrogen and oxygen atoms in total. The molecule has 0 fully saturated rings. The lowest BCUT2D eigenvalue weighted by atomic mass is 9.82. The van der Waals surface area contributed by atoms with E-state index in [-0.39, 0.29) is 11.5 Å². The second kappa shape index (κ2) is 6.52. The molecule has 1 unspecified atom stereocenters. The molecule has 0 aromatic heterocycles. The second-order valence-electron chi connectivity index (χ2n) is 8.90. The van der Waals surface area contributed by atoms with Crippen molar-refractivity contribution >= 4 is 0 Å². The average Bonchev–Trinajstić information content (AvgIpc) is 2.29. The van der Waals surface area contributed by atoms with Gasteiger partial charge in [0.1, 0.15) is 0 Å². The van der Waals surface area contributed by atoms with Crippen LogP contribution in [0.3, 0.4) is 0 Å². The van der Waals surface area contributed by atoms with Gasteiger partial charge in [0, 0.05) is 6.04 Å². The fourth-order valence-corrected chi connectivity index (χ4v) is 2.73. The number of rotatable bonds is 4. The molecule has 0 amide bonds. The van der Waals surface area contributed by atoms with Gasteiger partial charge in [-0.1, -0.05) is 53.7 Å². The number of hydrogen-bond acceptors (Lipinski definition) is 1. The summed E-state index contributed by atoms with van der Waals surface area (Å²) in [6, 6.07) is 4.96. The van der Waals surface area contributed by atoms with Crippen molar-refractivity contribution in [3.8, 4) is 0 Å². The van der Waals surface area contributed by atoms with Gasteiger partial charge in [-0.2, -0.15) is 0 Å². The Morgan fingerprint density at radius 2 is 1.43 bits per heavy atom. The van der Waals surface area contributed by atoms with Crippen LogP contribution in [0.4, 0.5) is 0 Å². The standard InChI is InChI=1S/C20H35N/c1-14-11-16(20(6,7)8)12-15(2)18(14)13-17(21)9-10-19(3,4)5/h11-12,17H,9-10,13,21H2,1-8H3. The van der Waals surface area contributed by atoms with E-state index in [1.807, 2.05) is 0 Å². The van der Waals surface area contributed by atoms with E-state index >= 15 is 0 Å². The molecule has 0 radical (unpaired) electrons. The molecule has 0 bridgehead atoms. The number of benzene rings is 1. The summed E-state index contributed by atoms with van der Waals surface area (Å²) in [4.78, 5) is 0. The van der Waals surface area contributed by atoms with E-state index in [1.54, 1.807) is 0 Å². The SMILES string of the molecule is Cc1cc(C(C)(C)C)cc(C)c1CC(N)CCC(C)(C)C. The predicted molar refractivity (Wildman–Crippen MR) is 95.0 cm³/mol. The molecule has 0 spiro atoms. The Bertz CT molecular complexity index is 449. The number of aryl methyl sites for hydroxylation is 2. The average molecular weight is 290 g/mol. The van der Waals surface area contributed by atoms with E-state index < -0.39 is 0 Å². The lowest BCUT2D eigenvalue weighted by molar-refractivity contribution is 0.347. The van der Waals surface area contributed by atoms with Crippen LogP contribution in [-0.2, 0) is 11.8 Å². The van der Waals surface area contributed by atoms with Gasteiger partial charge in [0.2, 0.25) is 0 Å². The van der Waals surface area contributed by atoms with Gasteiger partial charge in [-0.05, 0) is 66.2 Å². The second-order valence-corrected chi connectivity index (χ2v) is 8.90. The number of hydrogen-bond donors (Lipinski definition) is 1. The third kappa shape index (κ3) is 5.82. The first-order valence-corrected chi connectivity index (χ1v) is 8.26. The van der Waals surface area contributed by atoms with Crippen molar-refractivity contribution in [3.63, 3.8) is 0 Å². The molecular formula is C20H35N. The van der Waals surface area contributed by atoms with Crippen LogP contribution >= 0.6 is 0 Å². The predicted octanol–water partition coefficient (Wildman–Crippen LogP) is 5.30. The molecule has 1 aromatic carbocycles. The third-order valence-electron chi connectivity index (χ3n) is 4.29. The highest BCUT2D eigenvalue weighted by Gasteiger charge is 2.18. The van der Waals surface area contributed by atoms with E-state index in [0.29, 0.717) is 5.41 Å². The summed E-state index contributed by atoms with van der Waals surface area (Å²) in [5.41, 5.74) is 12.6. The van der Waals surface area contributed by atoms with Gasteiger partial charge in [-0.3, -0.25) is 0 Å². The highest BCUT2D eigenvalue weighted by molar-refractivity contribution is 5.40. The monoisotopic (exact) mass is 289 g/mol. The Morgan fingerprint density at radius 3 is 1.81 bits per heavy atom. The van der Waals surface area contributed by atoms with Crippen molar-refractivity contribution in [3.05, 3.63) is 34.4 Å². The van der Waals surface area contributed by atoms with Crippen molar-refractivity contribution in [2.24, 2.45) is 11.1 Å². The first kappa shape index (κ1) is 18.2. The minimum atomic E-state index is 0.211. The molecule has 1 heteroatoms. The Kier molecular flexibility index (Phi) is 5.66. The van der Waals surface area contributed by atoms with Crippen molar-refractivity contribution in [1.82, 2.24) is 0 Å². The van der Waals surface area contributed by atoms with Crippen LogP contribution in [0.25, 0.3) is 0 Å². The molecule has 1 rings (SSSR count). The first-order valence-electron chi connectivity index (χ1n) is 8.26. The van der Waals surface area contributed by atoms with Crippen molar-refractivity contribution in [1.29, 1.82) is 0 Å². The van der Waals surface area contributed by atoms with Gasteiger partial charge in [0.05, 0.1) is 0 Å². The van der Waals surface area contributed by atoms with Crippen LogP contribution in [0, 0.1) is 19.3 Å². The zero-order chi connectivity index (χ0) is 16.4. The Morgan fingerprint density at radius 1 is 0.952 bits per heavy atom. The maximum Gasteiger partial charge on any atom is 0.00797 e. The molecule has 1 atom stereocenters. The molecule has 0 heterocycles. The summed E-state index contributed by atoms with van der Waals surface area (Å²) in [5.74, 6) is 0. The van der Waals surface area contributed by atoms with Crippen LogP contribution in [0.2, 0.25) is 0 Å². The fraction of sp³-hybridized carbons (Fsp3) is 0.700. The molecule has 1 aromatic rings. The van der Waals surface area contributed by atoms with Crippen LogP contribution < -0.4 is 5.73 Å². The molecule has 120 valence electrons. The topological polar surface area (TPSA) is 26.0 Å². The fourth-order valence-electron chi connectivity index (χ4n) is 2.73. The Labute approximate surface area is 132 Å². The Balaban J connectivity index is 2.85. The summed E-state index contributed by atoms with van der Waals surface area (Å²) in [6.07, 6.45) is 3.29. The summed E-state index contributed by atoms with van der Waals surface area (Å²) in [6.45, 7) is 18.1. The first-order chi connectivity index (χ1) is 9.40. The largest absolute Gasteiger partial charge is 0.327 e. The molecule has 0 aliphatic carbocycles. The minimum Gasteiger partial charge on any atom is -0.327 e. The van der Waals surface area contributed by atoms with Gasteiger partial charge in [-0.25, -0.2) is 0 Å². The van der Waals surface area contributed by atoms with Crippen molar-refractivity contribution in [2.75, 3.05) is 0 Å². The zero-order valence-corrected chi connectivity index (χ0v) is 15.4. The molecule has 2 N–H and O–H groups in total. The maximum atomic E-state index is 6.37. The highest BCUT2D eigenvalue weighted by atomic mass is 14.6. The lowest BCUT2D eigenvalue weighted by Gasteiger charge is -2.24. The van der Waals surface area contributed by atoms with E-state index in [0.717, 1.165) is 12.8 Å². The molecule has 21 heavy (non-hydrogen) atoms. The van der Waals surface area contributed by atoms with Crippen LogP contribution in [-0.4, -0.2) is 6.04 Å². The summed E-state index contributed by atoms with van der Waals surface area (Å²) >= 11 is 0. The highest BCUT2D eigenvalue weighted by Crippen LogP contribution is 2.28. The van der Waals surface area contributed by atoms with E-state index in [9.17, 15) is 0 Å². The molecule has 0 aliphatic rings. The third-order valence-corrected chi connectivity index (χ3v) is 4.29. The van der Waals surface area contributed by atoms with E-state index in [1.165, 1.54) is 28.7 Å².